The first-order valence-corrected chi connectivity index (χ1v) is 5.85. The van der Waals surface area contributed by atoms with E-state index in [1.807, 2.05) is 19.1 Å². The molecular formula is C14H14N2O3. The van der Waals surface area contributed by atoms with Crippen LogP contribution in [0.2, 0.25) is 0 Å². The van der Waals surface area contributed by atoms with Crippen molar-refractivity contribution in [2.24, 2.45) is 0 Å². The summed E-state index contributed by atoms with van der Waals surface area (Å²) in [7, 11) is 0. The van der Waals surface area contributed by atoms with Crippen molar-refractivity contribution in [2.75, 3.05) is 0 Å². The number of carbonyl (C=O) groups is 1. The highest BCUT2D eigenvalue weighted by Gasteiger charge is 2.13. The first-order chi connectivity index (χ1) is 9.00. The zero-order chi connectivity index (χ0) is 14.0. The van der Waals surface area contributed by atoms with E-state index >= 15 is 0 Å². The lowest BCUT2D eigenvalue weighted by Gasteiger charge is -2.11. The molecular weight excluding hydrogens is 244 g/mol. The maximum absolute atomic E-state index is 12.1. The molecule has 5 nitrogen and oxygen atoms in total. The van der Waals surface area contributed by atoms with Gasteiger partial charge in [-0.2, -0.15) is 0 Å². The molecule has 5 heteroatoms. The molecule has 0 bridgehead atoms. The molecule has 1 N–H and O–H groups in total. The predicted molar refractivity (Wildman–Crippen MR) is 70.5 cm³/mol. The van der Waals surface area contributed by atoms with Gasteiger partial charge in [-0.1, -0.05) is 6.07 Å². The van der Waals surface area contributed by atoms with Gasteiger partial charge in [-0.25, -0.2) is 4.79 Å². The van der Waals surface area contributed by atoms with Crippen molar-refractivity contribution < 1.29 is 9.90 Å². The Kier molecular flexibility index (Phi) is 3.46. The number of pyridine rings is 2. The minimum Gasteiger partial charge on any atom is -0.477 e. The van der Waals surface area contributed by atoms with Gasteiger partial charge >= 0.3 is 5.97 Å². The van der Waals surface area contributed by atoms with Gasteiger partial charge in [-0.05, 0) is 37.6 Å². The van der Waals surface area contributed by atoms with Crippen LogP contribution in [0.4, 0.5) is 0 Å². The number of aromatic carboxylic acids is 1. The Labute approximate surface area is 110 Å². The number of rotatable bonds is 3. The third kappa shape index (κ3) is 2.54. The Bertz CT molecular complexity index is 689. The Hall–Kier alpha value is -2.43. The third-order valence-corrected chi connectivity index (χ3v) is 3.05. The van der Waals surface area contributed by atoms with E-state index in [2.05, 4.69) is 4.98 Å². The van der Waals surface area contributed by atoms with Gasteiger partial charge in [0.25, 0.3) is 5.56 Å². The predicted octanol–water partition coefficient (Wildman–Crippen LogP) is 1.61. The van der Waals surface area contributed by atoms with Crippen molar-refractivity contribution in [1.82, 2.24) is 9.55 Å². The lowest BCUT2D eigenvalue weighted by molar-refractivity contribution is 0.0694. The van der Waals surface area contributed by atoms with Crippen LogP contribution in [0.1, 0.15) is 27.3 Å². The molecule has 0 aliphatic rings. The van der Waals surface area contributed by atoms with E-state index in [4.69, 9.17) is 5.11 Å². The molecule has 0 radical (unpaired) electrons. The Balaban J connectivity index is 2.52. The largest absolute Gasteiger partial charge is 0.477 e. The van der Waals surface area contributed by atoms with Crippen LogP contribution >= 0.6 is 0 Å². The second kappa shape index (κ2) is 5.06. The second-order valence-corrected chi connectivity index (χ2v) is 4.35. The standard InChI is InChI=1S/C14H14N2O3/c1-9-4-3-7-15-12(9)8-16-10(2)5-6-11(13(16)17)14(18)19/h3-7H,8H2,1-2H3,(H,18,19). The molecule has 2 aromatic heterocycles. The summed E-state index contributed by atoms with van der Waals surface area (Å²) in [6.45, 7) is 3.95. The number of carboxylic acid groups (broad SMARTS) is 1. The zero-order valence-electron chi connectivity index (χ0n) is 10.8. The Morgan fingerprint density at radius 3 is 2.68 bits per heavy atom. The molecule has 0 fully saturated rings. The molecule has 2 heterocycles. The van der Waals surface area contributed by atoms with E-state index in [1.165, 1.54) is 10.6 Å². The molecule has 0 aliphatic carbocycles. The fraction of sp³-hybridized carbons (Fsp3) is 0.214. The van der Waals surface area contributed by atoms with Gasteiger partial charge < -0.3 is 9.67 Å². The highest BCUT2D eigenvalue weighted by atomic mass is 16.4. The Morgan fingerprint density at radius 2 is 2.05 bits per heavy atom. The zero-order valence-corrected chi connectivity index (χ0v) is 10.8. The first kappa shape index (κ1) is 13.0. The average molecular weight is 258 g/mol. The number of carboxylic acids is 1. The van der Waals surface area contributed by atoms with Crippen LogP contribution in [-0.2, 0) is 6.54 Å². The number of hydrogen-bond acceptors (Lipinski definition) is 3. The molecule has 0 amide bonds. The van der Waals surface area contributed by atoms with Gasteiger partial charge in [0.05, 0.1) is 12.2 Å². The minimum absolute atomic E-state index is 0.223. The summed E-state index contributed by atoms with van der Waals surface area (Å²) in [6.07, 6.45) is 1.66. The lowest BCUT2D eigenvalue weighted by Crippen LogP contribution is -2.28. The van der Waals surface area contributed by atoms with Crippen LogP contribution in [0.3, 0.4) is 0 Å². The van der Waals surface area contributed by atoms with Crippen molar-refractivity contribution in [2.45, 2.75) is 20.4 Å². The molecule has 0 saturated heterocycles. The molecule has 0 unspecified atom stereocenters. The average Bonchev–Trinajstić information content (AvgIpc) is 2.36. The Morgan fingerprint density at radius 1 is 1.32 bits per heavy atom. The van der Waals surface area contributed by atoms with Crippen LogP contribution in [0, 0.1) is 13.8 Å². The summed E-state index contributed by atoms with van der Waals surface area (Å²) in [5, 5.41) is 8.97. The van der Waals surface area contributed by atoms with E-state index in [-0.39, 0.29) is 12.1 Å². The molecule has 0 saturated carbocycles. The summed E-state index contributed by atoms with van der Waals surface area (Å²) in [6, 6.07) is 6.69. The molecule has 2 rings (SSSR count). The molecule has 98 valence electrons. The molecule has 2 aromatic rings. The molecule has 0 spiro atoms. The van der Waals surface area contributed by atoms with Crippen molar-refractivity contribution in [1.29, 1.82) is 0 Å². The first-order valence-electron chi connectivity index (χ1n) is 5.85. The molecule has 0 aromatic carbocycles. The highest BCUT2D eigenvalue weighted by Crippen LogP contribution is 2.07. The topological polar surface area (TPSA) is 72.2 Å². The van der Waals surface area contributed by atoms with E-state index in [1.54, 1.807) is 19.2 Å². The molecule has 0 atom stereocenters. The number of hydrogen-bond donors (Lipinski definition) is 1. The third-order valence-electron chi connectivity index (χ3n) is 3.05. The van der Waals surface area contributed by atoms with Gasteiger partial charge in [-0.15, -0.1) is 0 Å². The molecule has 0 aliphatic heterocycles. The number of aryl methyl sites for hydroxylation is 2. The van der Waals surface area contributed by atoms with E-state index in [9.17, 15) is 9.59 Å². The van der Waals surface area contributed by atoms with Crippen LogP contribution < -0.4 is 5.56 Å². The van der Waals surface area contributed by atoms with E-state index in [0.717, 1.165) is 11.3 Å². The van der Waals surface area contributed by atoms with Gasteiger partial charge in [0.1, 0.15) is 5.56 Å². The van der Waals surface area contributed by atoms with Gasteiger partial charge in [0.2, 0.25) is 0 Å². The van der Waals surface area contributed by atoms with E-state index < -0.39 is 11.5 Å². The van der Waals surface area contributed by atoms with Crippen molar-refractivity contribution in [3.8, 4) is 0 Å². The van der Waals surface area contributed by atoms with Crippen LogP contribution in [-0.4, -0.2) is 20.6 Å². The summed E-state index contributed by atoms with van der Waals surface area (Å²) in [5.74, 6) is -1.21. The van der Waals surface area contributed by atoms with E-state index in [0.29, 0.717) is 5.69 Å². The van der Waals surface area contributed by atoms with Crippen molar-refractivity contribution in [3.05, 3.63) is 63.3 Å². The monoisotopic (exact) mass is 258 g/mol. The fourth-order valence-electron chi connectivity index (χ4n) is 1.86. The van der Waals surface area contributed by atoms with Gasteiger partial charge in [0, 0.05) is 11.9 Å². The number of nitrogens with zero attached hydrogens (tertiary/aromatic N) is 2. The fourth-order valence-corrected chi connectivity index (χ4v) is 1.86. The summed E-state index contributed by atoms with van der Waals surface area (Å²) in [5.41, 5.74) is 1.71. The molecule has 19 heavy (non-hydrogen) atoms. The van der Waals surface area contributed by atoms with Gasteiger partial charge in [-0.3, -0.25) is 9.78 Å². The van der Waals surface area contributed by atoms with Crippen molar-refractivity contribution >= 4 is 5.97 Å². The van der Waals surface area contributed by atoms with Crippen LogP contribution in [0.15, 0.2) is 35.3 Å². The smallest absolute Gasteiger partial charge is 0.341 e. The summed E-state index contributed by atoms with van der Waals surface area (Å²) in [4.78, 5) is 27.3. The number of aromatic nitrogens is 2. The maximum atomic E-state index is 12.1. The highest BCUT2D eigenvalue weighted by molar-refractivity contribution is 5.87. The maximum Gasteiger partial charge on any atom is 0.341 e. The lowest BCUT2D eigenvalue weighted by atomic mass is 10.2. The SMILES string of the molecule is Cc1cccnc1Cn1c(C)ccc(C(=O)O)c1=O. The van der Waals surface area contributed by atoms with Gasteiger partial charge in [0.15, 0.2) is 0 Å². The summed E-state index contributed by atoms with van der Waals surface area (Å²) < 4.78 is 1.43. The van der Waals surface area contributed by atoms with Crippen molar-refractivity contribution in [3.63, 3.8) is 0 Å². The quantitative estimate of drug-likeness (QED) is 0.907. The van der Waals surface area contributed by atoms with Crippen LogP contribution in [0.25, 0.3) is 0 Å². The van der Waals surface area contributed by atoms with Crippen LogP contribution in [0.5, 0.6) is 0 Å². The minimum atomic E-state index is -1.21. The normalized spacial score (nSPS) is 10.4. The second-order valence-electron chi connectivity index (χ2n) is 4.35. The summed E-state index contributed by atoms with van der Waals surface area (Å²) >= 11 is 0.